The fraction of sp³-hybridized carbons (Fsp3) is 0.833. The molecule has 0 aliphatic carbocycles. The van der Waals surface area contributed by atoms with Crippen LogP contribution >= 0.6 is 0 Å². The highest BCUT2D eigenvalue weighted by molar-refractivity contribution is 5.68. The largest absolute Gasteiger partial charge is 0.481 e. The molecule has 0 atom stereocenters. The lowest BCUT2D eigenvalue weighted by Crippen LogP contribution is -2.42. The third-order valence-corrected chi connectivity index (χ3v) is 5.86. The molecule has 0 aromatic rings. The van der Waals surface area contributed by atoms with E-state index in [-0.39, 0.29) is 51.9 Å². The minimum atomic E-state index is -0.929. The molecular formula is C24H45N3O8. The van der Waals surface area contributed by atoms with Crippen molar-refractivity contribution in [2.75, 3.05) is 58.9 Å². The maximum absolute atomic E-state index is 11.0. The summed E-state index contributed by atoms with van der Waals surface area (Å²) in [5.74, 6) is -3.72. The second-order valence-electron chi connectivity index (χ2n) is 8.87. The van der Waals surface area contributed by atoms with E-state index in [1.165, 1.54) is 19.3 Å². The van der Waals surface area contributed by atoms with Crippen LogP contribution in [0.2, 0.25) is 0 Å². The zero-order chi connectivity index (χ0) is 26.5. The number of hydrogen-bond acceptors (Lipinski definition) is 7. The first-order valence-corrected chi connectivity index (χ1v) is 12.7. The van der Waals surface area contributed by atoms with E-state index in [0.29, 0.717) is 26.2 Å². The smallest absolute Gasteiger partial charge is 0.304 e. The molecule has 0 saturated heterocycles. The first-order valence-electron chi connectivity index (χ1n) is 12.7. The lowest BCUT2D eigenvalue weighted by atomic mass is 10.1. The van der Waals surface area contributed by atoms with Crippen molar-refractivity contribution in [1.29, 1.82) is 0 Å². The Morgan fingerprint density at radius 1 is 0.429 bits per heavy atom. The van der Waals surface area contributed by atoms with Crippen LogP contribution in [0.5, 0.6) is 0 Å². The molecule has 0 bridgehead atoms. The Kier molecular flexibility index (Phi) is 19.7. The molecule has 11 nitrogen and oxygen atoms in total. The molecule has 0 radical (unpaired) electrons. The van der Waals surface area contributed by atoms with Gasteiger partial charge in [-0.2, -0.15) is 0 Å². The standard InChI is InChI=1S/C24H45N3O8/c1-2-3-4-5-6-7-12-25(17-19-26(13-8-21(28)29)14-9-22(30)31)18-20-27(15-10-23(32)33)16-11-24(34)35/h2-20H2,1H3,(H,28,29)(H,30,31)(H,32,33)(H,34,35). The Bertz CT molecular complexity index is 538. The van der Waals surface area contributed by atoms with Crippen molar-refractivity contribution in [3.8, 4) is 0 Å². The molecule has 0 spiro atoms. The van der Waals surface area contributed by atoms with Crippen molar-refractivity contribution < 1.29 is 39.6 Å². The summed E-state index contributed by atoms with van der Waals surface area (Å²) >= 11 is 0. The van der Waals surface area contributed by atoms with Crippen LogP contribution < -0.4 is 0 Å². The Balaban J connectivity index is 4.99. The summed E-state index contributed by atoms with van der Waals surface area (Å²) in [5, 5.41) is 36.0. The van der Waals surface area contributed by atoms with Crippen LogP contribution in [0.4, 0.5) is 0 Å². The van der Waals surface area contributed by atoms with Gasteiger partial charge < -0.3 is 35.1 Å². The first-order chi connectivity index (χ1) is 16.6. The SMILES string of the molecule is CCCCCCCCN(CCN(CCC(=O)O)CCC(=O)O)CCN(CCC(=O)O)CCC(=O)O. The minimum Gasteiger partial charge on any atom is -0.481 e. The molecular weight excluding hydrogens is 458 g/mol. The summed E-state index contributed by atoms with van der Waals surface area (Å²) in [5.41, 5.74) is 0. The summed E-state index contributed by atoms with van der Waals surface area (Å²) in [6.07, 6.45) is 6.61. The van der Waals surface area contributed by atoms with Gasteiger partial charge in [-0.05, 0) is 13.0 Å². The van der Waals surface area contributed by atoms with E-state index in [2.05, 4.69) is 11.8 Å². The number of hydrogen-bond donors (Lipinski definition) is 4. The van der Waals surface area contributed by atoms with Crippen LogP contribution in [-0.4, -0.2) is 118 Å². The van der Waals surface area contributed by atoms with Gasteiger partial charge in [0.25, 0.3) is 0 Å². The summed E-state index contributed by atoms with van der Waals surface area (Å²) in [6, 6.07) is 0. The van der Waals surface area contributed by atoms with Gasteiger partial charge in [-0.25, -0.2) is 0 Å². The molecule has 0 fully saturated rings. The van der Waals surface area contributed by atoms with Crippen molar-refractivity contribution >= 4 is 23.9 Å². The van der Waals surface area contributed by atoms with Gasteiger partial charge in [0.2, 0.25) is 0 Å². The van der Waals surface area contributed by atoms with Gasteiger partial charge in [0, 0.05) is 52.4 Å². The zero-order valence-corrected chi connectivity index (χ0v) is 21.2. The van der Waals surface area contributed by atoms with Crippen molar-refractivity contribution in [2.24, 2.45) is 0 Å². The number of aliphatic carboxylic acids is 4. The van der Waals surface area contributed by atoms with Crippen molar-refractivity contribution in [1.82, 2.24) is 14.7 Å². The number of carbonyl (C=O) groups is 4. The second kappa shape index (κ2) is 21.1. The number of carboxylic acid groups (broad SMARTS) is 4. The van der Waals surface area contributed by atoms with Crippen LogP contribution in [0.25, 0.3) is 0 Å². The summed E-state index contributed by atoms with van der Waals surface area (Å²) in [4.78, 5) is 49.9. The summed E-state index contributed by atoms with van der Waals surface area (Å²) in [7, 11) is 0. The van der Waals surface area contributed by atoms with Crippen LogP contribution in [0, 0.1) is 0 Å². The Hall–Kier alpha value is -2.24. The molecule has 0 saturated carbocycles. The molecule has 11 heteroatoms. The minimum absolute atomic E-state index is 0.0603. The number of rotatable bonds is 25. The van der Waals surface area contributed by atoms with Gasteiger partial charge in [0.05, 0.1) is 25.7 Å². The number of nitrogens with zero attached hydrogens (tertiary/aromatic N) is 3. The average molecular weight is 504 g/mol. The zero-order valence-electron chi connectivity index (χ0n) is 21.2. The van der Waals surface area contributed by atoms with E-state index in [1.54, 1.807) is 0 Å². The third-order valence-electron chi connectivity index (χ3n) is 5.86. The molecule has 0 aromatic carbocycles. The molecule has 0 rings (SSSR count). The van der Waals surface area contributed by atoms with Gasteiger partial charge in [-0.1, -0.05) is 39.0 Å². The second-order valence-corrected chi connectivity index (χ2v) is 8.87. The predicted molar refractivity (Wildman–Crippen MR) is 132 cm³/mol. The van der Waals surface area contributed by atoms with E-state index in [4.69, 9.17) is 20.4 Å². The summed E-state index contributed by atoms with van der Waals surface area (Å²) in [6.45, 7) is 6.40. The fourth-order valence-corrected chi connectivity index (χ4v) is 3.70. The highest BCUT2D eigenvalue weighted by atomic mass is 16.4. The van der Waals surface area contributed by atoms with E-state index >= 15 is 0 Å². The lowest BCUT2D eigenvalue weighted by molar-refractivity contribution is -0.139. The van der Waals surface area contributed by atoms with Crippen LogP contribution in [-0.2, 0) is 19.2 Å². The number of carboxylic acids is 4. The Morgan fingerprint density at radius 3 is 1.03 bits per heavy atom. The average Bonchev–Trinajstić information content (AvgIpc) is 2.78. The lowest BCUT2D eigenvalue weighted by Gasteiger charge is -2.30. The fourth-order valence-electron chi connectivity index (χ4n) is 3.70. The molecule has 0 heterocycles. The van der Waals surface area contributed by atoms with Crippen molar-refractivity contribution in [2.45, 2.75) is 71.1 Å². The van der Waals surface area contributed by atoms with Gasteiger partial charge in [0.1, 0.15) is 0 Å². The molecule has 204 valence electrons. The van der Waals surface area contributed by atoms with Crippen molar-refractivity contribution in [3.05, 3.63) is 0 Å². The maximum Gasteiger partial charge on any atom is 0.304 e. The molecule has 0 aliphatic rings. The van der Waals surface area contributed by atoms with E-state index in [1.807, 2.05) is 9.80 Å². The summed E-state index contributed by atoms with van der Waals surface area (Å²) < 4.78 is 0. The van der Waals surface area contributed by atoms with Crippen LogP contribution in [0.3, 0.4) is 0 Å². The van der Waals surface area contributed by atoms with Crippen LogP contribution in [0.1, 0.15) is 71.1 Å². The topological polar surface area (TPSA) is 159 Å². The Labute approximate surface area is 208 Å². The molecule has 0 unspecified atom stereocenters. The molecule has 0 aromatic heterocycles. The first kappa shape index (κ1) is 32.8. The van der Waals surface area contributed by atoms with E-state index < -0.39 is 23.9 Å². The van der Waals surface area contributed by atoms with Crippen LogP contribution in [0.15, 0.2) is 0 Å². The van der Waals surface area contributed by atoms with Gasteiger partial charge in [-0.15, -0.1) is 0 Å². The van der Waals surface area contributed by atoms with Gasteiger partial charge in [0.15, 0.2) is 0 Å². The monoisotopic (exact) mass is 503 g/mol. The van der Waals surface area contributed by atoms with Gasteiger partial charge in [-0.3, -0.25) is 19.2 Å². The molecule has 0 aliphatic heterocycles. The van der Waals surface area contributed by atoms with Gasteiger partial charge >= 0.3 is 23.9 Å². The van der Waals surface area contributed by atoms with E-state index in [0.717, 1.165) is 25.8 Å². The third kappa shape index (κ3) is 22.0. The maximum atomic E-state index is 11.0. The quantitative estimate of drug-likeness (QED) is 0.135. The van der Waals surface area contributed by atoms with Crippen molar-refractivity contribution in [3.63, 3.8) is 0 Å². The highest BCUT2D eigenvalue weighted by Gasteiger charge is 2.15. The normalized spacial score (nSPS) is 11.4. The van der Waals surface area contributed by atoms with E-state index in [9.17, 15) is 19.2 Å². The number of unbranched alkanes of at least 4 members (excludes halogenated alkanes) is 5. The Morgan fingerprint density at radius 2 is 0.714 bits per heavy atom. The predicted octanol–water partition coefficient (Wildman–Crippen LogP) is 2.15. The molecule has 0 amide bonds. The molecule has 4 N–H and O–H groups in total. The molecule has 35 heavy (non-hydrogen) atoms. The highest BCUT2D eigenvalue weighted by Crippen LogP contribution is 2.07.